The Morgan fingerprint density at radius 2 is 2.12 bits per heavy atom. The topological polar surface area (TPSA) is 32.3 Å². The summed E-state index contributed by atoms with van der Waals surface area (Å²) >= 11 is 5.88. The maximum Gasteiger partial charge on any atom is 0.0664 e. The maximum absolute atomic E-state index is 9.75. The molecule has 0 spiro atoms. The van der Waals surface area contributed by atoms with Gasteiger partial charge in [-0.15, -0.1) is 0 Å². The summed E-state index contributed by atoms with van der Waals surface area (Å²) in [6.45, 7) is 2.40. The van der Waals surface area contributed by atoms with Crippen LogP contribution in [0.25, 0.3) is 0 Å². The minimum Gasteiger partial charge on any atom is -0.394 e. The molecule has 2 rings (SSSR count). The highest BCUT2D eigenvalue weighted by molar-refractivity contribution is 6.30. The molecule has 3 heteroatoms. The molecule has 94 valence electrons. The summed E-state index contributed by atoms with van der Waals surface area (Å²) in [6.07, 6.45) is 4.56. The van der Waals surface area contributed by atoms with Gasteiger partial charge >= 0.3 is 0 Å². The molecule has 1 aliphatic carbocycles. The van der Waals surface area contributed by atoms with Gasteiger partial charge in [-0.3, -0.25) is 0 Å². The van der Waals surface area contributed by atoms with E-state index >= 15 is 0 Å². The van der Waals surface area contributed by atoms with E-state index in [0.29, 0.717) is 5.92 Å². The summed E-state index contributed by atoms with van der Waals surface area (Å²) in [5, 5.41) is 14.0. The van der Waals surface area contributed by atoms with E-state index in [1.807, 2.05) is 24.3 Å². The van der Waals surface area contributed by atoms with Crippen LogP contribution < -0.4 is 5.32 Å². The van der Waals surface area contributed by atoms with E-state index < -0.39 is 0 Å². The molecule has 2 atom stereocenters. The summed E-state index contributed by atoms with van der Waals surface area (Å²) in [5.41, 5.74) is 0.909. The van der Waals surface area contributed by atoms with Gasteiger partial charge in [0.25, 0.3) is 0 Å². The number of aliphatic hydroxyl groups is 1. The molecule has 1 fully saturated rings. The Labute approximate surface area is 108 Å². The van der Waals surface area contributed by atoms with Gasteiger partial charge in [-0.1, -0.05) is 31.4 Å². The minimum absolute atomic E-state index is 0.136. The molecule has 1 aliphatic rings. The number of aliphatic hydroxyl groups excluding tert-OH is 1. The first-order valence-electron chi connectivity index (χ1n) is 6.35. The van der Waals surface area contributed by atoms with Gasteiger partial charge in [-0.25, -0.2) is 0 Å². The van der Waals surface area contributed by atoms with Crippen molar-refractivity contribution >= 4 is 17.3 Å². The summed E-state index contributed by atoms with van der Waals surface area (Å²) < 4.78 is 0. The van der Waals surface area contributed by atoms with E-state index in [0.717, 1.165) is 23.6 Å². The maximum atomic E-state index is 9.75. The Morgan fingerprint density at radius 1 is 1.41 bits per heavy atom. The van der Waals surface area contributed by atoms with Gasteiger partial charge in [0.1, 0.15) is 0 Å². The number of hydrogen-bond donors (Lipinski definition) is 2. The molecule has 1 aromatic carbocycles. The quantitative estimate of drug-likeness (QED) is 0.858. The third-order valence-corrected chi connectivity index (χ3v) is 4.22. The first-order chi connectivity index (χ1) is 8.20. The average molecular weight is 254 g/mol. The minimum atomic E-state index is -0.136. The molecule has 0 aromatic heterocycles. The molecule has 0 saturated heterocycles. The molecule has 17 heavy (non-hydrogen) atoms. The molecular formula is C14H20ClNO. The summed E-state index contributed by atoms with van der Waals surface area (Å²) in [4.78, 5) is 0. The zero-order valence-electron chi connectivity index (χ0n) is 10.2. The lowest BCUT2D eigenvalue weighted by Crippen LogP contribution is -2.45. The van der Waals surface area contributed by atoms with E-state index in [4.69, 9.17) is 11.6 Å². The van der Waals surface area contributed by atoms with Gasteiger partial charge in [-0.05, 0) is 43.0 Å². The lowest BCUT2D eigenvalue weighted by atomic mass is 9.85. The van der Waals surface area contributed by atoms with Gasteiger partial charge in [0.2, 0.25) is 0 Å². The number of benzene rings is 1. The normalized spacial score (nSPS) is 28.3. The second-order valence-corrected chi connectivity index (χ2v) is 5.38. The number of nitrogens with one attached hydrogen (secondary N) is 1. The fourth-order valence-corrected chi connectivity index (χ4v) is 3.10. The highest BCUT2D eigenvalue weighted by Gasteiger charge is 2.41. The zero-order chi connectivity index (χ0) is 12.3. The predicted octanol–water partition coefficient (Wildman–Crippen LogP) is 3.69. The average Bonchev–Trinajstić information content (AvgIpc) is 2.75. The van der Waals surface area contributed by atoms with E-state index in [9.17, 15) is 5.11 Å². The van der Waals surface area contributed by atoms with Gasteiger partial charge < -0.3 is 10.4 Å². The zero-order valence-corrected chi connectivity index (χ0v) is 11.0. The van der Waals surface area contributed by atoms with Crippen molar-refractivity contribution in [2.75, 3.05) is 11.9 Å². The highest BCUT2D eigenvalue weighted by atomic mass is 35.5. The molecule has 2 N–H and O–H groups in total. The largest absolute Gasteiger partial charge is 0.394 e. The smallest absolute Gasteiger partial charge is 0.0664 e. The van der Waals surface area contributed by atoms with Gasteiger partial charge in [-0.2, -0.15) is 0 Å². The Balaban J connectivity index is 2.16. The van der Waals surface area contributed by atoms with Crippen LogP contribution in [0.2, 0.25) is 5.02 Å². The van der Waals surface area contributed by atoms with Crippen LogP contribution in [0.5, 0.6) is 0 Å². The van der Waals surface area contributed by atoms with E-state index in [2.05, 4.69) is 12.2 Å². The molecule has 0 bridgehead atoms. The second kappa shape index (κ2) is 5.28. The summed E-state index contributed by atoms with van der Waals surface area (Å²) in [7, 11) is 0. The Bertz CT molecular complexity index is 365. The Morgan fingerprint density at radius 3 is 2.71 bits per heavy atom. The molecule has 0 radical (unpaired) electrons. The number of halogens is 1. The summed E-state index contributed by atoms with van der Waals surface area (Å²) in [6, 6.07) is 7.71. The molecule has 0 heterocycles. The van der Waals surface area contributed by atoms with Crippen LogP contribution >= 0.6 is 11.6 Å². The van der Waals surface area contributed by atoms with Gasteiger partial charge in [0.15, 0.2) is 0 Å². The lowest BCUT2D eigenvalue weighted by molar-refractivity contribution is 0.174. The van der Waals surface area contributed by atoms with Crippen LogP contribution in [0.4, 0.5) is 5.69 Å². The Kier molecular flexibility index (Phi) is 3.95. The van der Waals surface area contributed by atoms with Crippen molar-refractivity contribution in [2.24, 2.45) is 5.92 Å². The van der Waals surface area contributed by atoms with Crippen molar-refractivity contribution in [3.05, 3.63) is 29.3 Å². The first kappa shape index (κ1) is 12.7. The van der Waals surface area contributed by atoms with Gasteiger partial charge in [0, 0.05) is 10.7 Å². The van der Waals surface area contributed by atoms with Gasteiger partial charge in [0.05, 0.1) is 12.1 Å². The van der Waals surface area contributed by atoms with E-state index in [-0.39, 0.29) is 12.1 Å². The number of anilines is 1. The van der Waals surface area contributed by atoms with Crippen molar-refractivity contribution < 1.29 is 5.11 Å². The van der Waals surface area contributed by atoms with Crippen LogP contribution in [0.3, 0.4) is 0 Å². The monoisotopic (exact) mass is 253 g/mol. The van der Waals surface area contributed by atoms with Crippen molar-refractivity contribution in [1.82, 2.24) is 0 Å². The van der Waals surface area contributed by atoms with Crippen molar-refractivity contribution in [3.8, 4) is 0 Å². The van der Waals surface area contributed by atoms with Crippen molar-refractivity contribution in [3.63, 3.8) is 0 Å². The lowest BCUT2D eigenvalue weighted by Gasteiger charge is -2.35. The second-order valence-electron chi connectivity index (χ2n) is 4.94. The molecule has 1 aromatic rings. The van der Waals surface area contributed by atoms with Crippen LogP contribution in [0.1, 0.15) is 32.6 Å². The molecule has 0 amide bonds. The van der Waals surface area contributed by atoms with Crippen molar-refractivity contribution in [1.29, 1.82) is 0 Å². The summed E-state index contributed by atoms with van der Waals surface area (Å²) in [5.74, 6) is 0.558. The molecule has 2 unspecified atom stereocenters. The SMILES string of the molecule is CCC1CCCC1(CO)Nc1ccc(Cl)cc1. The van der Waals surface area contributed by atoms with Crippen LogP contribution in [0.15, 0.2) is 24.3 Å². The van der Waals surface area contributed by atoms with Crippen LogP contribution in [-0.4, -0.2) is 17.3 Å². The van der Waals surface area contributed by atoms with Crippen LogP contribution in [-0.2, 0) is 0 Å². The molecule has 2 nitrogen and oxygen atoms in total. The Hall–Kier alpha value is -0.730. The first-order valence-corrected chi connectivity index (χ1v) is 6.72. The van der Waals surface area contributed by atoms with Crippen molar-refractivity contribution in [2.45, 2.75) is 38.1 Å². The number of hydrogen-bond acceptors (Lipinski definition) is 2. The molecule has 1 saturated carbocycles. The highest BCUT2D eigenvalue weighted by Crippen LogP contribution is 2.40. The van der Waals surface area contributed by atoms with E-state index in [1.54, 1.807) is 0 Å². The number of rotatable bonds is 4. The third kappa shape index (κ3) is 2.58. The fourth-order valence-electron chi connectivity index (χ4n) is 2.97. The predicted molar refractivity (Wildman–Crippen MR) is 72.5 cm³/mol. The molecular weight excluding hydrogens is 234 g/mol. The van der Waals surface area contributed by atoms with Crippen LogP contribution in [0, 0.1) is 5.92 Å². The standard InChI is InChI=1S/C14H20ClNO/c1-2-11-4-3-9-14(11,10-17)16-13-7-5-12(15)6-8-13/h5-8,11,16-17H,2-4,9-10H2,1H3. The fraction of sp³-hybridized carbons (Fsp3) is 0.571. The third-order valence-electron chi connectivity index (χ3n) is 3.97. The molecule has 0 aliphatic heterocycles. The van der Waals surface area contributed by atoms with E-state index in [1.165, 1.54) is 12.8 Å².